The van der Waals surface area contributed by atoms with Crippen molar-refractivity contribution in [1.29, 1.82) is 0 Å². The third-order valence-corrected chi connectivity index (χ3v) is 8.06. The minimum atomic E-state index is -4.28. The van der Waals surface area contributed by atoms with Crippen molar-refractivity contribution in [2.75, 3.05) is 30.3 Å². The van der Waals surface area contributed by atoms with E-state index in [1.54, 1.807) is 17.0 Å². The van der Waals surface area contributed by atoms with E-state index in [1.165, 1.54) is 18.2 Å². The molecule has 0 spiro atoms. The molecule has 4 heterocycles. The van der Waals surface area contributed by atoms with Crippen molar-refractivity contribution < 1.29 is 22.7 Å². The molecular formula is C28H38N6O5S. The van der Waals surface area contributed by atoms with Crippen LogP contribution in [-0.2, 0) is 14.8 Å². The molecule has 1 saturated heterocycles. The first-order valence-corrected chi connectivity index (χ1v) is 14.8. The molecule has 0 unspecified atom stereocenters. The van der Waals surface area contributed by atoms with Crippen molar-refractivity contribution in [2.45, 2.75) is 70.6 Å². The number of hydrogen-bond donors (Lipinski definition) is 2. The zero-order chi connectivity index (χ0) is 29.5. The molecule has 11 nitrogen and oxygen atoms in total. The second kappa shape index (κ2) is 10.7. The number of amides is 2. The van der Waals surface area contributed by atoms with Crippen molar-refractivity contribution in [1.82, 2.24) is 19.6 Å². The van der Waals surface area contributed by atoms with E-state index in [1.807, 2.05) is 26.8 Å². The number of carbonyl (C=O) groups excluding carboxylic acids is 2. The van der Waals surface area contributed by atoms with E-state index < -0.39 is 27.6 Å². The molecule has 0 saturated carbocycles. The second-order valence-electron chi connectivity index (χ2n) is 12.1. The van der Waals surface area contributed by atoms with Crippen LogP contribution in [0.4, 0.5) is 16.4 Å². The van der Waals surface area contributed by atoms with Gasteiger partial charge in [-0.3, -0.25) is 4.79 Å². The maximum absolute atomic E-state index is 13.5. The zero-order valence-corrected chi connectivity index (χ0v) is 24.7. The summed E-state index contributed by atoms with van der Waals surface area (Å²) in [5.41, 5.74) is 6.27. The Kier molecular flexibility index (Phi) is 7.85. The average Bonchev–Trinajstić information content (AvgIpc) is 3.14. The number of nitrogens with two attached hydrogens (primary N) is 1. The first-order chi connectivity index (χ1) is 18.6. The Morgan fingerprint density at radius 1 is 1.15 bits per heavy atom. The number of aromatic nitrogens is 2. The van der Waals surface area contributed by atoms with Crippen LogP contribution in [0, 0.1) is 5.92 Å². The smallest absolute Gasteiger partial charge is 0.410 e. The fourth-order valence-corrected chi connectivity index (χ4v) is 6.13. The third-order valence-electron chi connectivity index (χ3n) is 6.83. The van der Waals surface area contributed by atoms with Gasteiger partial charge in [-0.1, -0.05) is 19.1 Å². The molecule has 1 fully saturated rings. The van der Waals surface area contributed by atoms with Crippen molar-refractivity contribution in [2.24, 2.45) is 5.92 Å². The van der Waals surface area contributed by atoms with Gasteiger partial charge in [-0.15, -0.1) is 0 Å². The summed E-state index contributed by atoms with van der Waals surface area (Å²) < 4.78 is 33.6. The normalized spacial score (nSPS) is 19.2. The molecule has 40 heavy (non-hydrogen) atoms. The van der Waals surface area contributed by atoms with E-state index in [0.29, 0.717) is 43.5 Å². The predicted octanol–water partition coefficient (Wildman–Crippen LogP) is 3.83. The summed E-state index contributed by atoms with van der Waals surface area (Å²) in [6, 6.07) is 7.45. The zero-order valence-electron chi connectivity index (χ0n) is 23.9. The van der Waals surface area contributed by atoms with Gasteiger partial charge in [0.15, 0.2) is 5.03 Å². The molecule has 0 aromatic carbocycles. The maximum Gasteiger partial charge on any atom is 0.410 e. The molecule has 216 valence electrons. The van der Waals surface area contributed by atoms with Gasteiger partial charge in [-0.25, -0.2) is 19.5 Å². The molecular weight excluding hydrogens is 532 g/mol. The number of carbonyl (C=O) groups is 2. The molecule has 0 bridgehead atoms. The van der Waals surface area contributed by atoms with Gasteiger partial charge in [0.1, 0.15) is 17.2 Å². The highest BCUT2D eigenvalue weighted by Crippen LogP contribution is 2.38. The molecule has 4 rings (SSSR count). The fraction of sp³-hybridized carbons (Fsp3) is 0.500. The lowest BCUT2D eigenvalue weighted by Gasteiger charge is -2.34. The third kappa shape index (κ3) is 6.55. The number of rotatable bonds is 5. The van der Waals surface area contributed by atoms with Crippen LogP contribution in [0.1, 0.15) is 70.4 Å². The maximum atomic E-state index is 13.5. The summed E-state index contributed by atoms with van der Waals surface area (Å²) in [6.45, 7) is 13.2. The molecule has 0 aliphatic carbocycles. The monoisotopic (exact) mass is 570 g/mol. The summed E-state index contributed by atoms with van der Waals surface area (Å²) in [5, 5.41) is -0.350. The van der Waals surface area contributed by atoms with E-state index in [0.717, 1.165) is 12.0 Å². The van der Waals surface area contributed by atoms with Gasteiger partial charge in [-0.05, 0) is 83.2 Å². The van der Waals surface area contributed by atoms with E-state index in [4.69, 9.17) is 15.5 Å². The lowest BCUT2D eigenvalue weighted by atomic mass is 9.97. The largest absolute Gasteiger partial charge is 0.444 e. The van der Waals surface area contributed by atoms with Crippen molar-refractivity contribution in [3.05, 3.63) is 47.7 Å². The number of hydrogen-bond acceptors (Lipinski definition) is 9. The second-order valence-corrected chi connectivity index (χ2v) is 13.7. The highest BCUT2D eigenvalue weighted by atomic mass is 32.2. The van der Waals surface area contributed by atoms with Crippen LogP contribution in [0.2, 0.25) is 0 Å². The Morgan fingerprint density at radius 3 is 2.50 bits per heavy atom. The van der Waals surface area contributed by atoms with Gasteiger partial charge >= 0.3 is 6.09 Å². The van der Waals surface area contributed by atoms with Gasteiger partial charge < -0.3 is 20.3 Å². The Balaban J connectivity index is 1.69. The van der Waals surface area contributed by atoms with Crippen LogP contribution in [-0.4, -0.2) is 66.1 Å². The standard InChI is InChI=1S/C28H38N6O5S/c1-18-15-28(5,6)34(16-18)24-20(25(35)32-40(37,38)23-11-7-10-22(29)31-23)12-13-21(30-24)19-9-8-14-33(17-19)26(36)39-27(2,3)4/h7,9-13,18H,8,14-17H2,1-6H3,(H2,29,31)(H,32,35)/t18-/m0/s1. The lowest BCUT2D eigenvalue weighted by Crippen LogP contribution is -2.41. The van der Waals surface area contributed by atoms with Crippen molar-refractivity contribution in [3.8, 4) is 0 Å². The number of sulfonamides is 1. The van der Waals surface area contributed by atoms with E-state index in [9.17, 15) is 18.0 Å². The molecule has 2 aliphatic heterocycles. The number of ether oxygens (including phenoxy) is 1. The number of pyridine rings is 2. The highest BCUT2D eigenvalue weighted by Gasteiger charge is 2.39. The Labute approximate surface area is 235 Å². The van der Waals surface area contributed by atoms with Crippen LogP contribution in [0.5, 0.6) is 0 Å². The summed E-state index contributed by atoms with van der Waals surface area (Å²) in [4.78, 5) is 38.6. The van der Waals surface area contributed by atoms with E-state index in [2.05, 4.69) is 35.4 Å². The van der Waals surface area contributed by atoms with Gasteiger partial charge in [0, 0.05) is 18.6 Å². The summed E-state index contributed by atoms with van der Waals surface area (Å²) >= 11 is 0. The summed E-state index contributed by atoms with van der Waals surface area (Å²) in [7, 11) is -4.28. The van der Waals surface area contributed by atoms with Crippen LogP contribution in [0.25, 0.3) is 5.57 Å². The first kappa shape index (κ1) is 29.3. The van der Waals surface area contributed by atoms with Crippen LogP contribution in [0.15, 0.2) is 41.4 Å². The number of anilines is 2. The molecule has 0 radical (unpaired) electrons. The number of nitrogen functional groups attached to an aromatic ring is 1. The van der Waals surface area contributed by atoms with Crippen LogP contribution < -0.4 is 15.4 Å². The Bertz CT molecular complexity index is 1450. The summed E-state index contributed by atoms with van der Waals surface area (Å²) in [5.74, 6) is -0.0684. The summed E-state index contributed by atoms with van der Waals surface area (Å²) in [6.07, 6.45) is 3.14. The van der Waals surface area contributed by atoms with Crippen molar-refractivity contribution >= 4 is 39.2 Å². The quantitative estimate of drug-likeness (QED) is 0.547. The average molecular weight is 571 g/mol. The van der Waals surface area contributed by atoms with Crippen LogP contribution in [0.3, 0.4) is 0 Å². The molecule has 12 heteroatoms. The first-order valence-electron chi connectivity index (χ1n) is 13.3. The number of nitrogens with one attached hydrogen (secondary N) is 1. The van der Waals surface area contributed by atoms with Gasteiger partial charge in [0.2, 0.25) is 0 Å². The topological polar surface area (TPSA) is 148 Å². The highest BCUT2D eigenvalue weighted by molar-refractivity contribution is 7.90. The van der Waals surface area contributed by atoms with E-state index >= 15 is 0 Å². The molecule has 2 aromatic heterocycles. The minimum absolute atomic E-state index is 0.0241. The Morgan fingerprint density at radius 2 is 1.88 bits per heavy atom. The molecule has 1 atom stereocenters. The SMILES string of the molecule is C[C@@H]1CN(c2nc(C3=CCCN(C(=O)OC(C)(C)C)C3)ccc2C(=O)NS(=O)(=O)c2cccc(N)n2)C(C)(C)C1. The predicted molar refractivity (Wildman–Crippen MR) is 153 cm³/mol. The van der Waals surface area contributed by atoms with Crippen molar-refractivity contribution in [3.63, 3.8) is 0 Å². The molecule has 2 amide bonds. The molecule has 2 aromatic rings. The fourth-order valence-electron chi connectivity index (χ4n) is 5.19. The van der Waals surface area contributed by atoms with Gasteiger partial charge in [-0.2, -0.15) is 8.42 Å². The molecule has 3 N–H and O–H groups in total. The lowest BCUT2D eigenvalue weighted by molar-refractivity contribution is 0.0273. The number of nitrogens with zero attached hydrogens (tertiary/aromatic N) is 4. The van der Waals surface area contributed by atoms with E-state index in [-0.39, 0.29) is 21.9 Å². The van der Waals surface area contributed by atoms with Gasteiger partial charge in [0.05, 0.1) is 17.8 Å². The molecule has 2 aliphatic rings. The van der Waals surface area contributed by atoms with Crippen LogP contribution >= 0.6 is 0 Å². The van der Waals surface area contributed by atoms with Gasteiger partial charge in [0.25, 0.3) is 15.9 Å². The Hall–Kier alpha value is -3.67. The minimum Gasteiger partial charge on any atom is -0.444 e.